The Morgan fingerprint density at radius 1 is 0.682 bits per heavy atom. The predicted octanol–water partition coefficient (Wildman–Crippen LogP) is 1.99. The lowest BCUT2D eigenvalue weighted by Gasteiger charge is -2.19. The molecule has 5 amide bonds. The Morgan fingerprint density at radius 2 is 1.23 bits per heavy atom. The fourth-order valence-corrected chi connectivity index (χ4v) is 3.93. The summed E-state index contributed by atoms with van der Waals surface area (Å²) in [5, 5.41) is 21.5. The zero-order valence-corrected chi connectivity index (χ0v) is 24.6. The topological polar surface area (TPSA) is 210 Å². The van der Waals surface area contributed by atoms with Gasteiger partial charge in [-0.1, -0.05) is 60.7 Å². The van der Waals surface area contributed by atoms with Gasteiger partial charge in [-0.05, 0) is 36.8 Å². The molecule has 0 saturated carbocycles. The van der Waals surface area contributed by atoms with Gasteiger partial charge in [0.1, 0.15) is 13.2 Å². The van der Waals surface area contributed by atoms with E-state index in [0.717, 1.165) is 11.1 Å². The highest BCUT2D eigenvalue weighted by molar-refractivity contribution is 5.81. The van der Waals surface area contributed by atoms with E-state index in [-0.39, 0.29) is 57.6 Å². The lowest BCUT2D eigenvalue weighted by atomic mass is 10.1. The van der Waals surface area contributed by atoms with Crippen molar-refractivity contribution in [2.75, 3.05) is 26.2 Å². The van der Waals surface area contributed by atoms with Gasteiger partial charge in [0.15, 0.2) is 0 Å². The van der Waals surface area contributed by atoms with Gasteiger partial charge in [-0.3, -0.25) is 9.59 Å². The van der Waals surface area contributed by atoms with Gasteiger partial charge in [-0.25, -0.2) is 14.4 Å². The number of rotatable bonds is 19. The van der Waals surface area contributed by atoms with E-state index < -0.39 is 30.4 Å². The number of carbonyl (C=O) groups excluding carboxylic acids is 4. The fraction of sp³-hybridized carbons (Fsp3) is 0.433. The molecule has 0 aliphatic rings. The van der Waals surface area contributed by atoms with Gasteiger partial charge >= 0.3 is 18.3 Å². The van der Waals surface area contributed by atoms with Gasteiger partial charge in [0, 0.05) is 38.6 Å². The summed E-state index contributed by atoms with van der Waals surface area (Å²) < 4.78 is 10.4. The summed E-state index contributed by atoms with van der Waals surface area (Å²) in [4.78, 5) is 59.7. The second-order valence-electron chi connectivity index (χ2n) is 9.86. The largest absolute Gasteiger partial charge is 0.465 e. The minimum atomic E-state index is -1.14. The third kappa shape index (κ3) is 16.6. The summed E-state index contributed by atoms with van der Waals surface area (Å²) in [6, 6.07) is 17.0. The number of ether oxygens (including phenoxy) is 2. The Balaban J connectivity index is 1.74. The summed E-state index contributed by atoms with van der Waals surface area (Å²) in [5.74, 6) is -0.724. The lowest BCUT2D eigenvalue weighted by molar-refractivity contribution is -0.123. The maximum atomic E-state index is 12.6. The van der Waals surface area contributed by atoms with Crippen LogP contribution in [0.3, 0.4) is 0 Å². The zero-order valence-electron chi connectivity index (χ0n) is 24.6. The molecule has 0 unspecified atom stereocenters. The van der Waals surface area contributed by atoms with E-state index >= 15 is 0 Å². The van der Waals surface area contributed by atoms with Crippen LogP contribution in [-0.4, -0.2) is 73.5 Å². The average Bonchev–Trinajstić information content (AvgIpc) is 3.02. The number of carboxylic acid groups (broad SMARTS) is 1. The molecule has 0 aliphatic heterocycles. The molecule has 2 rings (SSSR count). The highest BCUT2D eigenvalue weighted by atomic mass is 16.6. The molecule has 0 heterocycles. The highest BCUT2D eigenvalue weighted by Gasteiger charge is 2.18. The second-order valence-corrected chi connectivity index (χ2v) is 9.86. The molecule has 0 aliphatic carbocycles. The van der Waals surface area contributed by atoms with E-state index in [1.807, 2.05) is 60.7 Å². The number of benzene rings is 2. The molecular weight excluding hydrogens is 572 g/mol. The Labute approximate surface area is 256 Å². The highest BCUT2D eigenvalue weighted by Crippen LogP contribution is 2.06. The van der Waals surface area contributed by atoms with E-state index in [1.165, 1.54) is 0 Å². The van der Waals surface area contributed by atoms with Crippen LogP contribution in [0.15, 0.2) is 60.7 Å². The van der Waals surface area contributed by atoms with Crippen molar-refractivity contribution in [3.05, 3.63) is 71.8 Å². The lowest BCUT2D eigenvalue weighted by Crippen LogP contribution is -2.43. The van der Waals surface area contributed by atoms with Crippen LogP contribution in [0.1, 0.15) is 43.2 Å². The SMILES string of the molecule is N[C@@H](CCCNC(=O)O)C(=O)NCCC[C@@H](CC(=O)NCCNC(=O)OCc1ccccc1)NC(=O)OCc1ccccc1. The van der Waals surface area contributed by atoms with Gasteiger partial charge in [0.2, 0.25) is 11.8 Å². The van der Waals surface area contributed by atoms with E-state index in [9.17, 15) is 24.0 Å². The molecule has 0 fully saturated rings. The number of alkyl carbamates (subject to hydrolysis) is 2. The zero-order chi connectivity index (χ0) is 32.0. The van der Waals surface area contributed by atoms with Crippen molar-refractivity contribution in [2.45, 2.75) is 57.4 Å². The van der Waals surface area contributed by atoms with Gasteiger partial charge in [-0.2, -0.15) is 0 Å². The van der Waals surface area contributed by atoms with Crippen LogP contribution in [0.2, 0.25) is 0 Å². The van der Waals surface area contributed by atoms with Gasteiger partial charge < -0.3 is 46.9 Å². The smallest absolute Gasteiger partial charge is 0.407 e. The van der Waals surface area contributed by atoms with Gasteiger partial charge in [0.25, 0.3) is 0 Å². The van der Waals surface area contributed by atoms with Crippen LogP contribution in [0.4, 0.5) is 14.4 Å². The van der Waals surface area contributed by atoms with Crippen molar-refractivity contribution in [2.24, 2.45) is 5.73 Å². The van der Waals surface area contributed by atoms with E-state index in [4.69, 9.17) is 20.3 Å². The molecule has 240 valence electrons. The van der Waals surface area contributed by atoms with Crippen LogP contribution in [0.25, 0.3) is 0 Å². The maximum Gasteiger partial charge on any atom is 0.407 e. The first-order valence-electron chi connectivity index (χ1n) is 14.4. The predicted molar refractivity (Wildman–Crippen MR) is 161 cm³/mol. The van der Waals surface area contributed by atoms with Crippen LogP contribution in [0, 0.1) is 0 Å². The second kappa shape index (κ2) is 20.9. The minimum Gasteiger partial charge on any atom is -0.465 e. The molecular formula is C30H42N6O8. The summed E-state index contributed by atoms with van der Waals surface area (Å²) >= 11 is 0. The molecule has 2 aromatic rings. The molecule has 0 aromatic heterocycles. The number of carbonyl (C=O) groups is 5. The Morgan fingerprint density at radius 3 is 1.84 bits per heavy atom. The van der Waals surface area contributed by atoms with E-state index in [2.05, 4.69) is 26.6 Å². The quantitative estimate of drug-likeness (QED) is 0.115. The maximum absolute atomic E-state index is 12.6. The third-order valence-electron chi connectivity index (χ3n) is 6.23. The van der Waals surface area contributed by atoms with Crippen LogP contribution in [-0.2, 0) is 32.3 Å². The number of nitrogens with one attached hydrogen (secondary N) is 5. The molecule has 0 bridgehead atoms. The molecule has 0 spiro atoms. The molecule has 14 heteroatoms. The summed E-state index contributed by atoms with van der Waals surface area (Å²) in [5.41, 5.74) is 7.52. The van der Waals surface area contributed by atoms with Crippen molar-refractivity contribution in [1.29, 1.82) is 0 Å². The molecule has 44 heavy (non-hydrogen) atoms. The molecule has 14 nitrogen and oxygen atoms in total. The standard InChI is InChI=1S/C30H42N6O8/c31-25(14-8-16-34-28(39)40)27(38)33-15-7-13-24(36-30(42)44-21-23-11-5-2-6-12-23)19-26(37)32-17-18-35-29(41)43-20-22-9-3-1-4-10-22/h1-6,9-12,24-25,34H,7-8,13-21,31H2,(H,32,37)(H,33,38)(H,35,41)(H,36,42)(H,39,40)/t24-,25-/m0/s1. The molecule has 2 aromatic carbocycles. The normalized spacial score (nSPS) is 11.8. The number of nitrogens with two attached hydrogens (primary N) is 1. The first kappa shape index (κ1) is 35.3. The third-order valence-corrected chi connectivity index (χ3v) is 6.23. The number of amides is 5. The van der Waals surface area contributed by atoms with Crippen molar-refractivity contribution < 1.29 is 38.6 Å². The van der Waals surface area contributed by atoms with Crippen molar-refractivity contribution in [3.8, 4) is 0 Å². The van der Waals surface area contributed by atoms with Gasteiger partial charge in [0.05, 0.1) is 6.04 Å². The van der Waals surface area contributed by atoms with E-state index in [0.29, 0.717) is 25.7 Å². The molecule has 0 radical (unpaired) electrons. The Kier molecular flexibility index (Phi) is 16.8. The van der Waals surface area contributed by atoms with Crippen molar-refractivity contribution in [1.82, 2.24) is 26.6 Å². The van der Waals surface area contributed by atoms with Crippen molar-refractivity contribution >= 4 is 30.1 Å². The molecule has 2 atom stereocenters. The summed E-state index contributed by atoms with van der Waals surface area (Å²) in [7, 11) is 0. The Bertz CT molecular complexity index is 1170. The van der Waals surface area contributed by atoms with Crippen molar-refractivity contribution in [3.63, 3.8) is 0 Å². The first-order chi connectivity index (χ1) is 21.2. The number of hydrogen-bond acceptors (Lipinski definition) is 8. The summed E-state index contributed by atoms with van der Waals surface area (Å²) in [6.45, 7) is 0.945. The van der Waals surface area contributed by atoms with Crippen LogP contribution < -0.4 is 32.3 Å². The summed E-state index contributed by atoms with van der Waals surface area (Å²) in [6.07, 6.45) is -0.970. The Hall–Kier alpha value is -4.85. The monoisotopic (exact) mass is 614 g/mol. The van der Waals surface area contributed by atoms with Crippen LogP contribution >= 0.6 is 0 Å². The molecule has 0 saturated heterocycles. The van der Waals surface area contributed by atoms with E-state index in [1.54, 1.807) is 0 Å². The number of hydrogen-bond donors (Lipinski definition) is 7. The van der Waals surface area contributed by atoms with Crippen LogP contribution in [0.5, 0.6) is 0 Å². The minimum absolute atomic E-state index is 0.0527. The molecule has 8 N–H and O–H groups in total. The first-order valence-corrected chi connectivity index (χ1v) is 14.4. The van der Waals surface area contributed by atoms with Gasteiger partial charge in [-0.15, -0.1) is 0 Å². The average molecular weight is 615 g/mol. The fourth-order valence-electron chi connectivity index (χ4n) is 3.93.